The highest BCUT2D eigenvalue weighted by Gasteiger charge is 2.38. The van der Waals surface area contributed by atoms with Gasteiger partial charge in [0.15, 0.2) is 0 Å². The number of rotatable bonds is 5. The van der Waals surface area contributed by atoms with E-state index in [-0.39, 0.29) is 6.04 Å². The van der Waals surface area contributed by atoms with E-state index in [1.807, 2.05) is 0 Å². The summed E-state index contributed by atoms with van der Waals surface area (Å²) in [6, 6.07) is 2.52. The lowest BCUT2D eigenvalue weighted by Gasteiger charge is -2.20. The van der Waals surface area contributed by atoms with Crippen LogP contribution in [0.1, 0.15) is 46.0 Å². The summed E-state index contributed by atoms with van der Waals surface area (Å²) in [5, 5.41) is 3.63. The molecule has 2 nitrogen and oxygen atoms in total. The Kier molecular flexibility index (Phi) is 3.89. The third-order valence-corrected chi connectivity index (χ3v) is 3.85. The smallest absolute Gasteiger partial charge is 0.0689 e. The van der Waals surface area contributed by atoms with Gasteiger partial charge in [0.2, 0.25) is 0 Å². The van der Waals surface area contributed by atoms with E-state index >= 15 is 0 Å². The third kappa shape index (κ3) is 2.78. The second-order valence-corrected chi connectivity index (χ2v) is 5.38. The van der Waals surface area contributed by atoms with Gasteiger partial charge in [-0.3, -0.25) is 10.2 Å². The molecule has 1 heterocycles. The van der Waals surface area contributed by atoms with Crippen molar-refractivity contribution in [3.05, 3.63) is 0 Å². The molecule has 90 valence electrons. The van der Waals surface area contributed by atoms with E-state index in [1.54, 1.807) is 0 Å². The van der Waals surface area contributed by atoms with E-state index in [1.165, 1.54) is 25.8 Å². The summed E-state index contributed by atoms with van der Waals surface area (Å²) >= 11 is 0. The van der Waals surface area contributed by atoms with E-state index < -0.39 is 0 Å². The molecule has 2 rings (SSSR count). The largest absolute Gasteiger partial charge is 0.300 e. The SMILES string of the molecule is C#CC(CCC)NC1CC(C)N(C2CC2)C1. The first-order valence-corrected chi connectivity index (χ1v) is 6.72. The zero-order valence-corrected chi connectivity index (χ0v) is 10.6. The number of terminal acetylenes is 1. The van der Waals surface area contributed by atoms with E-state index in [2.05, 4.69) is 30.0 Å². The normalized spacial score (nSPS) is 32.6. The van der Waals surface area contributed by atoms with Crippen molar-refractivity contribution in [2.45, 2.75) is 70.1 Å². The van der Waals surface area contributed by atoms with Gasteiger partial charge in [-0.2, -0.15) is 0 Å². The fraction of sp³-hybridized carbons (Fsp3) is 0.857. The minimum atomic E-state index is 0.279. The van der Waals surface area contributed by atoms with Gasteiger partial charge in [0.05, 0.1) is 6.04 Å². The van der Waals surface area contributed by atoms with Gasteiger partial charge in [0, 0.05) is 24.7 Å². The maximum absolute atomic E-state index is 5.55. The summed E-state index contributed by atoms with van der Waals surface area (Å²) in [6.45, 7) is 5.75. The molecule has 0 amide bonds. The summed E-state index contributed by atoms with van der Waals surface area (Å²) in [4.78, 5) is 2.66. The molecule has 0 aromatic rings. The number of nitrogens with zero attached hydrogens (tertiary/aromatic N) is 1. The quantitative estimate of drug-likeness (QED) is 0.713. The molecule has 0 bridgehead atoms. The second-order valence-electron chi connectivity index (χ2n) is 5.38. The molecule has 2 fully saturated rings. The van der Waals surface area contributed by atoms with Crippen LogP contribution in [0.3, 0.4) is 0 Å². The molecule has 0 aromatic carbocycles. The van der Waals surface area contributed by atoms with Crippen molar-refractivity contribution in [3.63, 3.8) is 0 Å². The molecule has 1 aliphatic heterocycles. The Balaban J connectivity index is 1.80. The standard InChI is InChI=1S/C14H24N2/c1-4-6-12(5-2)15-13-9-11(3)16(10-13)14-7-8-14/h2,11-15H,4,6-10H2,1,3H3. The van der Waals surface area contributed by atoms with Crippen molar-refractivity contribution in [1.82, 2.24) is 10.2 Å². The van der Waals surface area contributed by atoms with Crippen molar-refractivity contribution in [2.24, 2.45) is 0 Å². The van der Waals surface area contributed by atoms with Gasteiger partial charge in [0.25, 0.3) is 0 Å². The molecule has 1 saturated heterocycles. The van der Waals surface area contributed by atoms with Crippen LogP contribution >= 0.6 is 0 Å². The molecule has 16 heavy (non-hydrogen) atoms. The van der Waals surface area contributed by atoms with Crippen LogP contribution in [-0.2, 0) is 0 Å². The van der Waals surface area contributed by atoms with Crippen molar-refractivity contribution >= 4 is 0 Å². The lowest BCUT2D eigenvalue weighted by atomic mass is 10.1. The zero-order chi connectivity index (χ0) is 11.5. The van der Waals surface area contributed by atoms with Gasteiger partial charge in [-0.1, -0.05) is 19.3 Å². The second kappa shape index (κ2) is 5.21. The lowest BCUT2D eigenvalue weighted by Crippen LogP contribution is -2.39. The van der Waals surface area contributed by atoms with Crippen LogP contribution in [0.25, 0.3) is 0 Å². The third-order valence-electron chi connectivity index (χ3n) is 3.85. The van der Waals surface area contributed by atoms with Crippen LogP contribution < -0.4 is 5.32 Å². The zero-order valence-electron chi connectivity index (χ0n) is 10.6. The maximum Gasteiger partial charge on any atom is 0.0689 e. The van der Waals surface area contributed by atoms with E-state index in [0.29, 0.717) is 6.04 Å². The minimum absolute atomic E-state index is 0.279. The van der Waals surface area contributed by atoms with E-state index in [4.69, 9.17) is 6.42 Å². The number of hydrogen-bond donors (Lipinski definition) is 1. The molecule has 3 unspecified atom stereocenters. The molecule has 2 aliphatic rings. The predicted octanol–water partition coefficient (Wildman–Crippen LogP) is 2.00. The summed E-state index contributed by atoms with van der Waals surface area (Å²) in [5.74, 6) is 2.87. The van der Waals surface area contributed by atoms with Crippen molar-refractivity contribution in [2.75, 3.05) is 6.54 Å². The van der Waals surface area contributed by atoms with Crippen LogP contribution in [0.4, 0.5) is 0 Å². The van der Waals surface area contributed by atoms with Gasteiger partial charge in [-0.25, -0.2) is 0 Å². The van der Waals surface area contributed by atoms with Crippen molar-refractivity contribution < 1.29 is 0 Å². The lowest BCUT2D eigenvalue weighted by molar-refractivity contribution is 0.254. The maximum atomic E-state index is 5.55. The molecule has 0 aromatic heterocycles. The van der Waals surface area contributed by atoms with Crippen LogP contribution in [-0.4, -0.2) is 35.6 Å². The minimum Gasteiger partial charge on any atom is -0.300 e. The molecule has 0 radical (unpaired) electrons. The van der Waals surface area contributed by atoms with Gasteiger partial charge in [-0.05, 0) is 32.6 Å². The Morgan fingerprint density at radius 2 is 2.25 bits per heavy atom. The average molecular weight is 220 g/mol. The fourth-order valence-electron chi connectivity index (χ4n) is 2.88. The highest BCUT2D eigenvalue weighted by Crippen LogP contribution is 2.33. The molecular formula is C14H24N2. The van der Waals surface area contributed by atoms with Crippen LogP contribution in [0.15, 0.2) is 0 Å². The number of hydrogen-bond acceptors (Lipinski definition) is 2. The molecule has 1 aliphatic carbocycles. The predicted molar refractivity (Wildman–Crippen MR) is 68.3 cm³/mol. The first kappa shape index (κ1) is 12.0. The number of nitrogens with one attached hydrogen (secondary N) is 1. The highest BCUT2D eigenvalue weighted by molar-refractivity contribution is 5.03. The summed E-state index contributed by atoms with van der Waals surface area (Å²) in [5.41, 5.74) is 0. The molecule has 3 atom stereocenters. The van der Waals surface area contributed by atoms with E-state index in [0.717, 1.165) is 24.9 Å². The molecule has 2 heteroatoms. The Morgan fingerprint density at radius 1 is 1.50 bits per heavy atom. The van der Waals surface area contributed by atoms with Crippen molar-refractivity contribution in [3.8, 4) is 12.3 Å². The van der Waals surface area contributed by atoms with Crippen LogP contribution in [0.2, 0.25) is 0 Å². The molecule has 1 N–H and O–H groups in total. The number of likely N-dealkylation sites (tertiary alicyclic amines) is 1. The average Bonchev–Trinajstić information content (AvgIpc) is 3.03. The Morgan fingerprint density at radius 3 is 2.81 bits per heavy atom. The van der Waals surface area contributed by atoms with Crippen LogP contribution in [0, 0.1) is 12.3 Å². The van der Waals surface area contributed by atoms with Gasteiger partial charge in [-0.15, -0.1) is 6.42 Å². The summed E-state index contributed by atoms with van der Waals surface area (Å²) in [7, 11) is 0. The first-order chi connectivity index (χ1) is 7.74. The van der Waals surface area contributed by atoms with Gasteiger partial charge in [0.1, 0.15) is 0 Å². The van der Waals surface area contributed by atoms with Crippen molar-refractivity contribution in [1.29, 1.82) is 0 Å². The Bertz CT molecular complexity index is 264. The fourth-order valence-corrected chi connectivity index (χ4v) is 2.88. The highest BCUT2D eigenvalue weighted by atomic mass is 15.3. The monoisotopic (exact) mass is 220 g/mol. The summed E-state index contributed by atoms with van der Waals surface area (Å²) in [6.07, 6.45) is 11.9. The Labute approximate surface area is 99.8 Å². The summed E-state index contributed by atoms with van der Waals surface area (Å²) < 4.78 is 0. The molecular weight excluding hydrogens is 196 g/mol. The molecule has 1 saturated carbocycles. The topological polar surface area (TPSA) is 15.3 Å². The Hall–Kier alpha value is -0.520. The van der Waals surface area contributed by atoms with Gasteiger partial charge < -0.3 is 0 Å². The van der Waals surface area contributed by atoms with E-state index in [9.17, 15) is 0 Å². The first-order valence-electron chi connectivity index (χ1n) is 6.72. The van der Waals surface area contributed by atoms with Crippen LogP contribution in [0.5, 0.6) is 0 Å². The van der Waals surface area contributed by atoms with Gasteiger partial charge >= 0.3 is 0 Å². The molecule has 0 spiro atoms.